The molecule has 0 radical (unpaired) electrons. The standard InChI is InChI=1S/C13H9BrFN3/c14-10-5-8(15)1-3-12(10)18-7-17-11-6-9(16)2-4-13(11)18/h1-7H,16H2. The van der Waals surface area contributed by atoms with Gasteiger partial charge < -0.3 is 5.73 Å². The summed E-state index contributed by atoms with van der Waals surface area (Å²) in [6, 6.07) is 10.1. The number of nitrogens with zero attached hydrogens (tertiary/aromatic N) is 2. The summed E-state index contributed by atoms with van der Waals surface area (Å²) < 4.78 is 15.7. The Morgan fingerprint density at radius 3 is 2.78 bits per heavy atom. The van der Waals surface area contributed by atoms with E-state index in [9.17, 15) is 4.39 Å². The fourth-order valence-electron chi connectivity index (χ4n) is 1.90. The zero-order valence-corrected chi connectivity index (χ0v) is 10.9. The predicted octanol–water partition coefficient (Wildman–Crippen LogP) is 3.51. The lowest BCUT2D eigenvalue weighted by atomic mass is 10.2. The van der Waals surface area contributed by atoms with E-state index >= 15 is 0 Å². The molecule has 3 nitrogen and oxygen atoms in total. The number of hydrogen-bond donors (Lipinski definition) is 1. The highest BCUT2D eigenvalue weighted by atomic mass is 79.9. The van der Waals surface area contributed by atoms with Crippen LogP contribution in [0.2, 0.25) is 0 Å². The second-order valence-electron chi connectivity index (χ2n) is 3.96. The molecule has 0 saturated carbocycles. The van der Waals surface area contributed by atoms with E-state index in [1.54, 1.807) is 12.4 Å². The number of hydrogen-bond acceptors (Lipinski definition) is 2. The van der Waals surface area contributed by atoms with Crippen LogP contribution in [0.4, 0.5) is 10.1 Å². The summed E-state index contributed by atoms with van der Waals surface area (Å²) in [7, 11) is 0. The monoisotopic (exact) mass is 305 g/mol. The van der Waals surface area contributed by atoms with Gasteiger partial charge in [0.1, 0.15) is 12.1 Å². The molecule has 90 valence electrons. The first kappa shape index (κ1) is 11.2. The molecule has 0 saturated heterocycles. The number of fused-ring (bicyclic) bond motifs is 1. The maximum atomic E-state index is 13.1. The number of halogens is 2. The van der Waals surface area contributed by atoms with Gasteiger partial charge in [-0.1, -0.05) is 0 Å². The van der Waals surface area contributed by atoms with E-state index in [2.05, 4.69) is 20.9 Å². The number of aromatic nitrogens is 2. The van der Waals surface area contributed by atoms with Crippen LogP contribution >= 0.6 is 15.9 Å². The molecule has 2 N–H and O–H groups in total. The number of anilines is 1. The third kappa shape index (κ3) is 1.76. The molecule has 3 rings (SSSR count). The SMILES string of the molecule is Nc1ccc2c(c1)ncn2-c1ccc(F)cc1Br. The van der Waals surface area contributed by atoms with Crippen LogP contribution in [0.15, 0.2) is 47.2 Å². The zero-order chi connectivity index (χ0) is 12.7. The molecule has 1 aromatic heterocycles. The Labute approximate surface area is 111 Å². The van der Waals surface area contributed by atoms with E-state index in [4.69, 9.17) is 5.73 Å². The van der Waals surface area contributed by atoms with Crippen LogP contribution in [-0.4, -0.2) is 9.55 Å². The highest BCUT2D eigenvalue weighted by Crippen LogP contribution is 2.26. The van der Waals surface area contributed by atoms with E-state index in [0.717, 1.165) is 16.7 Å². The third-order valence-corrected chi connectivity index (χ3v) is 3.38. The molecular formula is C13H9BrFN3. The van der Waals surface area contributed by atoms with Crippen molar-refractivity contribution in [3.8, 4) is 5.69 Å². The Kier molecular flexibility index (Phi) is 2.56. The smallest absolute Gasteiger partial charge is 0.124 e. The average Bonchev–Trinajstić information content (AvgIpc) is 2.72. The number of imidazole rings is 1. The molecule has 5 heteroatoms. The van der Waals surface area contributed by atoms with Gasteiger partial charge in [-0.05, 0) is 52.3 Å². The Hall–Kier alpha value is -1.88. The van der Waals surface area contributed by atoms with Gasteiger partial charge in [-0.3, -0.25) is 4.57 Å². The zero-order valence-electron chi connectivity index (χ0n) is 9.27. The summed E-state index contributed by atoms with van der Waals surface area (Å²) >= 11 is 3.36. The van der Waals surface area contributed by atoms with Crippen molar-refractivity contribution in [2.45, 2.75) is 0 Å². The van der Waals surface area contributed by atoms with Crippen LogP contribution in [0.5, 0.6) is 0 Å². The van der Waals surface area contributed by atoms with Crippen molar-refractivity contribution in [2.24, 2.45) is 0 Å². The number of benzene rings is 2. The van der Waals surface area contributed by atoms with Crippen molar-refractivity contribution in [3.63, 3.8) is 0 Å². The minimum absolute atomic E-state index is 0.278. The van der Waals surface area contributed by atoms with Crippen LogP contribution in [0.25, 0.3) is 16.7 Å². The molecule has 0 bridgehead atoms. The van der Waals surface area contributed by atoms with E-state index in [0.29, 0.717) is 10.2 Å². The highest BCUT2D eigenvalue weighted by Gasteiger charge is 2.08. The minimum atomic E-state index is -0.278. The fraction of sp³-hybridized carbons (Fsp3) is 0. The van der Waals surface area contributed by atoms with Crippen molar-refractivity contribution >= 4 is 32.7 Å². The Morgan fingerprint density at radius 1 is 1.17 bits per heavy atom. The quantitative estimate of drug-likeness (QED) is 0.699. The first-order valence-corrected chi connectivity index (χ1v) is 6.12. The lowest BCUT2D eigenvalue weighted by Gasteiger charge is -2.07. The summed E-state index contributed by atoms with van der Waals surface area (Å²) in [5, 5.41) is 0. The minimum Gasteiger partial charge on any atom is -0.399 e. The van der Waals surface area contributed by atoms with Crippen LogP contribution < -0.4 is 5.73 Å². The maximum absolute atomic E-state index is 13.1. The molecule has 0 aliphatic rings. The Balaban J connectivity index is 2.25. The van der Waals surface area contributed by atoms with Crippen LogP contribution in [-0.2, 0) is 0 Å². The lowest BCUT2D eigenvalue weighted by molar-refractivity contribution is 0.626. The van der Waals surface area contributed by atoms with Crippen molar-refractivity contribution in [2.75, 3.05) is 5.73 Å². The fourth-order valence-corrected chi connectivity index (χ4v) is 2.44. The molecular weight excluding hydrogens is 297 g/mol. The van der Waals surface area contributed by atoms with Gasteiger partial charge in [0.2, 0.25) is 0 Å². The van der Waals surface area contributed by atoms with Gasteiger partial charge in [-0.25, -0.2) is 9.37 Å². The van der Waals surface area contributed by atoms with Crippen LogP contribution in [0.1, 0.15) is 0 Å². The van der Waals surface area contributed by atoms with Gasteiger partial charge in [-0.15, -0.1) is 0 Å². The first-order chi connectivity index (χ1) is 8.65. The molecule has 0 atom stereocenters. The second-order valence-corrected chi connectivity index (χ2v) is 4.81. The topological polar surface area (TPSA) is 43.8 Å². The summed E-state index contributed by atoms with van der Waals surface area (Å²) in [6.45, 7) is 0. The van der Waals surface area contributed by atoms with Gasteiger partial charge in [0.25, 0.3) is 0 Å². The Bertz CT molecular complexity index is 736. The summed E-state index contributed by atoms with van der Waals surface area (Å²) in [5.74, 6) is -0.278. The van der Waals surface area contributed by atoms with Gasteiger partial charge in [0.15, 0.2) is 0 Å². The van der Waals surface area contributed by atoms with Crippen LogP contribution in [0, 0.1) is 5.82 Å². The second kappa shape index (κ2) is 4.10. The number of nitrogen functional groups attached to an aromatic ring is 1. The summed E-state index contributed by atoms with van der Waals surface area (Å²) in [5.41, 5.74) is 8.96. The van der Waals surface area contributed by atoms with Crippen molar-refractivity contribution < 1.29 is 4.39 Å². The van der Waals surface area contributed by atoms with E-state index in [1.165, 1.54) is 12.1 Å². The number of rotatable bonds is 1. The van der Waals surface area contributed by atoms with E-state index < -0.39 is 0 Å². The molecule has 0 aliphatic carbocycles. The molecule has 1 heterocycles. The summed E-state index contributed by atoms with van der Waals surface area (Å²) in [6.07, 6.45) is 1.70. The largest absolute Gasteiger partial charge is 0.399 e. The van der Waals surface area contributed by atoms with Crippen molar-refractivity contribution in [3.05, 3.63) is 53.0 Å². The van der Waals surface area contributed by atoms with Gasteiger partial charge >= 0.3 is 0 Å². The molecule has 0 unspecified atom stereocenters. The summed E-state index contributed by atoms with van der Waals surface area (Å²) in [4.78, 5) is 4.29. The van der Waals surface area contributed by atoms with Gasteiger partial charge in [-0.2, -0.15) is 0 Å². The molecule has 3 aromatic rings. The van der Waals surface area contributed by atoms with Gasteiger partial charge in [0, 0.05) is 10.2 Å². The predicted molar refractivity (Wildman–Crippen MR) is 73.1 cm³/mol. The molecule has 2 aromatic carbocycles. The average molecular weight is 306 g/mol. The first-order valence-electron chi connectivity index (χ1n) is 5.33. The maximum Gasteiger partial charge on any atom is 0.124 e. The normalized spacial score (nSPS) is 11.0. The van der Waals surface area contributed by atoms with Gasteiger partial charge in [0.05, 0.1) is 16.7 Å². The Morgan fingerprint density at radius 2 is 2.00 bits per heavy atom. The molecule has 0 fully saturated rings. The third-order valence-electron chi connectivity index (χ3n) is 2.74. The molecule has 0 spiro atoms. The number of nitrogens with two attached hydrogens (primary N) is 1. The molecule has 0 aliphatic heterocycles. The van der Waals surface area contributed by atoms with Crippen molar-refractivity contribution in [1.29, 1.82) is 0 Å². The lowest BCUT2D eigenvalue weighted by Crippen LogP contribution is -1.94. The van der Waals surface area contributed by atoms with Crippen molar-refractivity contribution in [1.82, 2.24) is 9.55 Å². The van der Waals surface area contributed by atoms with Crippen LogP contribution in [0.3, 0.4) is 0 Å². The molecule has 0 amide bonds. The van der Waals surface area contributed by atoms with E-state index in [-0.39, 0.29) is 5.82 Å². The molecule has 18 heavy (non-hydrogen) atoms. The highest BCUT2D eigenvalue weighted by molar-refractivity contribution is 9.10. The van der Waals surface area contributed by atoms with E-state index in [1.807, 2.05) is 22.8 Å².